The van der Waals surface area contributed by atoms with E-state index in [4.69, 9.17) is 19.9 Å². The van der Waals surface area contributed by atoms with Gasteiger partial charge in [0.15, 0.2) is 11.5 Å². The van der Waals surface area contributed by atoms with E-state index in [-0.39, 0.29) is 6.04 Å². The van der Waals surface area contributed by atoms with E-state index < -0.39 is 0 Å². The monoisotopic (exact) mass is 239 g/mol. The molecule has 0 amide bonds. The number of hydrogen-bond donors (Lipinski definition) is 1. The minimum Gasteiger partial charge on any atom is -0.493 e. The third-order valence-corrected chi connectivity index (χ3v) is 2.71. The maximum atomic E-state index is 6.09. The number of ether oxygens (including phenoxy) is 3. The molecule has 0 heterocycles. The van der Waals surface area contributed by atoms with E-state index in [1.807, 2.05) is 12.1 Å². The Kier molecular flexibility index (Phi) is 5.10. The lowest BCUT2D eigenvalue weighted by molar-refractivity contribution is 0.323. The molecule has 0 radical (unpaired) electrons. The topological polar surface area (TPSA) is 53.7 Å². The van der Waals surface area contributed by atoms with Gasteiger partial charge in [-0.25, -0.2) is 0 Å². The molecule has 0 unspecified atom stereocenters. The van der Waals surface area contributed by atoms with E-state index in [2.05, 4.69) is 6.92 Å². The van der Waals surface area contributed by atoms with Gasteiger partial charge in [0.25, 0.3) is 0 Å². The molecule has 0 aliphatic carbocycles. The Morgan fingerprint density at radius 2 is 1.59 bits per heavy atom. The Bertz CT molecular complexity index is 341. The Labute approximate surface area is 103 Å². The fraction of sp³-hybridized carbons (Fsp3) is 0.538. The highest BCUT2D eigenvalue weighted by Crippen LogP contribution is 2.39. The van der Waals surface area contributed by atoms with Gasteiger partial charge in [-0.3, -0.25) is 0 Å². The molecule has 0 aliphatic rings. The molecule has 17 heavy (non-hydrogen) atoms. The van der Waals surface area contributed by atoms with Crippen LogP contribution in [0.15, 0.2) is 12.1 Å². The van der Waals surface area contributed by atoms with Gasteiger partial charge in [0, 0.05) is 6.04 Å². The lowest BCUT2D eigenvalue weighted by Crippen LogP contribution is -2.10. The molecule has 0 saturated heterocycles. The standard InChI is InChI=1S/C13H21NO3/c1-5-6-10(14)9-7-11(15-2)13(17-4)12(8-9)16-3/h7-8,10H,5-6,14H2,1-4H3/t10-/m0/s1. The van der Waals surface area contributed by atoms with E-state index in [1.54, 1.807) is 21.3 Å². The molecule has 0 aliphatic heterocycles. The van der Waals surface area contributed by atoms with Crippen LogP contribution in [0.1, 0.15) is 31.4 Å². The largest absolute Gasteiger partial charge is 0.493 e. The zero-order chi connectivity index (χ0) is 12.8. The van der Waals surface area contributed by atoms with Crippen molar-refractivity contribution in [3.05, 3.63) is 17.7 Å². The first-order valence-corrected chi connectivity index (χ1v) is 5.73. The molecule has 1 rings (SSSR count). The molecule has 0 bridgehead atoms. The van der Waals surface area contributed by atoms with Crippen molar-refractivity contribution in [2.24, 2.45) is 5.73 Å². The average Bonchev–Trinajstić information content (AvgIpc) is 2.37. The molecule has 0 aromatic heterocycles. The van der Waals surface area contributed by atoms with Gasteiger partial charge in [-0.15, -0.1) is 0 Å². The second kappa shape index (κ2) is 6.35. The summed E-state index contributed by atoms with van der Waals surface area (Å²) in [5.74, 6) is 1.89. The van der Waals surface area contributed by atoms with Crippen LogP contribution in [-0.2, 0) is 0 Å². The number of methoxy groups -OCH3 is 3. The highest BCUT2D eigenvalue weighted by atomic mass is 16.5. The predicted molar refractivity (Wildman–Crippen MR) is 67.9 cm³/mol. The van der Waals surface area contributed by atoms with Gasteiger partial charge < -0.3 is 19.9 Å². The summed E-state index contributed by atoms with van der Waals surface area (Å²) in [5.41, 5.74) is 7.09. The van der Waals surface area contributed by atoms with Gasteiger partial charge in [0.05, 0.1) is 21.3 Å². The first-order chi connectivity index (χ1) is 8.17. The third-order valence-electron chi connectivity index (χ3n) is 2.71. The van der Waals surface area contributed by atoms with E-state index in [0.717, 1.165) is 18.4 Å². The first-order valence-electron chi connectivity index (χ1n) is 5.73. The van der Waals surface area contributed by atoms with Crippen LogP contribution in [0.2, 0.25) is 0 Å². The highest BCUT2D eigenvalue weighted by Gasteiger charge is 2.15. The molecule has 0 spiro atoms. The van der Waals surface area contributed by atoms with Crippen molar-refractivity contribution in [3.8, 4) is 17.2 Å². The average molecular weight is 239 g/mol. The van der Waals surface area contributed by atoms with Crippen LogP contribution in [0, 0.1) is 0 Å². The summed E-state index contributed by atoms with van der Waals surface area (Å²) in [6.45, 7) is 2.11. The van der Waals surface area contributed by atoms with Crippen LogP contribution < -0.4 is 19.9 Å². The van der Waals surface area contributed by atoms with Crippen molar-refractivity contribution in [1.29, 1.82) is 0 Å². The number of rotatable bonds is 6. The Morgan fingerprint density at radius 3 is 1.94 bits per heavy atom. The van der Waals surface area contributed by atoms with Crippen LogP contribution in [0.5, 0.6) is 17.2 Å². The summed E-state index contributed by atoms with van der Waals surface area (Å²) in [5, 5.41) is 0. The van der Waals surface area contributed by atoms with Crippen molar-refractivity contribution >= 4 is 0 Å². The number of benzene rings is 1. The second-order valence-corrected chi connectivity index (χ2v) is 3.85. The summed E-state index contributed by atoms with van der Waals surface area (Å²) < 4.78 is 15.8. The summed E-state index contributed by atoms with van der Waals surface area (Å²) in [6.07, 6.45) is 1.97. The summed E-state index contributed by atoms with van der Waals surface area (Å²) in [7, 11) is 4.80. The third kappa shape index (κ3) is 3.03. The van der Waals surface area contributed by atoms with Crippen LogP contribution in [0.25, 0.3) is 0 Å². The molecule has 4 heteroatoms. The van der Waals surface area contributed by atoms with Crippen molar-refractivity contribution in [1.82, 2.24) is 0 Å². The lowest BCUT2D eigenvalue weighted by Gasteiger charge is -2.17. The Hall–Kier alpha value is -1.42. The maximum Gasteiger partial charge on any atom is 0.203 e. The van der Waals surface area contributed by atoms with Crippen molar-refractivity contribution in [3.63, 3.8) is 0 Å². The Balaban J connectivity index is 3.17. The molecule has 4 nitrogen and oxygen atoms in total. The van der Waals surface area contributed by atoms with Crippen molar-refractivity contribution in [2.75, 3.05) is 21.3 Å². The summed E-state index contributed by atoms with van der Waals surface area (Å²) >= 11 is 0. The van der Waals surface area contributed by atoms with Gasteiger partial charge >= 0.3 is 0 Å². The molecule has 96 valence electrons. The second-order valence-electron chi connectivity index (χ2n) is 3.85. The lowest BCUT2D eigenvalue weighted by atomic mass is 10.0. The predicted octanol–water partition coefficient (Wildman–Crippen LogP) is 2.51. The molecule has 1 atom stereocenters. The van der Waals surface area contributed by atoms with Crippen LogP contribution in [-0.4, -0.2) is 21.3 Å². The van der Waals surface area contributed by atoms with Crippen LogP contribution >= 0.6 is 0 Å². The van der Waals surface area contributed by atoms with Gasteiger partial charge in [-0.1, -0.05) is 13.3 Å². The van der Waals surface area contributed by atoms with Gasteiger partial charge in [-0.05, 0) is 24.1 Å². The number of hydrogen-bond acceptors (Lipinski definition) is 4. The quantitative estimate of drug-likeness (QED) is 0.828. The van der Waals surface area contributed by atoms with E-state index in [0.29, 0.717) is 17.2 Å². The molecule has 2 N–H and O–H groups in total. The molecular formula is C13H21NO3. The van der Waals surface area contributed by atoms with E-state index >= 15 is 0 Å². The minimum absolute atomic E-state index is 0.00583. The van der Waals surface area contributed by atoms with Crippen LogP contribution in [0.3, 0.4) is 0 Å². The van der Waals surface area contributed by atoms with Gasteiger partial charge in [0.2, 0.25) is 5.75 Å². The molecular weight excluding hydrogens is 218 g/mol. The molecule has 0 saturated carbocycles. The van der Waals surface area contributed by atoms with Gasteiger partial charge in [0.1, 0.15) is 0 Å². The zero-order valence-electron chi connectivity index (χ0n) is 10.9. The normalized spacial score (nSPS) is 12.1. The van der Waals surface area contributed by atoms with Gasteiger partial charge in [-0.2, -0.15) is 0 Å². The van der Waals surface area contributed by atoms with E-state index in [9.17, 15) is 0 Å². The fourth-order valence-electron chi connectivity index (χ4n) is 1.79. The van der Waals surface area contributed by atoms with Crippen molar-refractivity contribution < 1.29 is 14.2 Å². The summed E-state index contributed by atoms with van der Waals surface area (Å²) in [4.78, 5) is 0. The SMILES string of the molecule is CCC[C@H](N)c1cc(OC)c(OC)c(OC)c1. The molecule has 1 aromatic carbocycles. The molecule has 0 fully saturated rings. The maximum absolute atomic E-state index is 6.09. The Morgan fingerprint density at radius 1 is 1.06 bits per heavy atom. The fourth-order valence-corrected chi connectivity index (χ4v) is 1.79. The molecule has 1 aromatic rings. The summed E-state index contributed by atoms with van der Waals surface area (Å²) in [6, 6.07) is 3.80. The van der Waals surface area contributed by atoms with Crippen LogP contribution in [0.4, 0.5) is 0 Å². The smallest absolute Gasteiger partial charge is 0.203 e. The highest BCUT2D eigenvalue weighted by molar-refractivity contribution is 5.54. The minimum atomic E-state index is -0.00583. The first kappa shape index (κ1) is 13.6. The number of nitrogens with two attached hydrogens (primary N) is 1. The van der Waals surface area contributed by atoms with E-state index in [1.165, 1.54) is 0 Å². The zero-order valence-corrected chi connectivity index (χ0v) is 10.9. The van der Waals surface area contributed by atoms with Crippen molar-refractivity contribution in [2.45, 2.75) is 25.8 Å².